The Hall–Kier alpha value is -2.99. The first kappa shape index (κ1) is 21.7. The third-order valence-corrected chi connectivity index (χ3v) is 5.08. The second-order valence-corrected chi connectivity index (χ2v) is 7.30. The molecule has 0 aromatic heterocycles. The Morgan fingerprint density at radius 2 is 1.87 bits per heavy atom. The minimum Gasteiger partial charge on any atom is -0.493 e. The molecule has 158 valence electrons. The van der Waals surface area contributed by atoms with Crippen molar-refractivity contribution in [2.75, 3.05) is 29.6 Å². The molecule has 0 aliphatic carbocycles. The Morgan fingerprint density at radius 1 is 1.10 bits per heavy atom. The highest BCUT2D eigenvalue weighted by Gasteiger charge is 2.34. The maximum absolute atomic E-state index is 12.9. The van der Waals surface area contributed by atoms with Gasteiger partial charge in [-0.05, 0) is 56.7 Å². The highest BCUT2D eigenvalue weighted by molar-refractivity contribution is 6.33. The lowest BCUT2D eigenvalue weighted by Crippen LogP contribution is -2.35. The third-order valence-electron chi connectivity index (χ3n) is 4.85. The van der Waals surface area contributed by atoms with Crippen LogP contribution in [0, 0.1) is 0 Å². The van der Waals surface area contributed by atoms with Crippen LogP contribution in [0.1, 0.15) is 32.8 Å². The molecule has 6 nitrogen and oxygen atoms in total. The highest BCUT2D eigenvalue weighted by Crippen LogP contribution is 2.30. The fraction of sp³-hybridized carbons (Fsp3) is 0.304. The van der Waals surface area contributed by atoms with E-state index >= 15 is 0 Å². The van der Waals surface area contributed by atoms with Gasteiger partial charge in [0.1, 0.15) is 11.3 Å². The number of carbonyl (C=O) groups is 2. The Bertz CT molecular complexity index is 970. The molecule has 1 N–H and O–H groups in total. The topological polar surface area (TPSA) is 61.9 Å². The summed E-state index contributed by atoms with van der Waals surface area (Å²) in [6.07, 6.45) is 2.44. The fourth-order valence-electron chi connectivity index (χ4n) is 3.27. The second-order valence-electron chi connectivity index (χ2n) is 6.86. The first-order chi connectivity index (χ1) is 14.5. The van der Waals surface area contributed by atoms with Crippen molar-refractivity contribution in [1.29, 1.82) is 0 Å². The summed E-state index contributed by atoms with van der Waals surface area (Å²) in [6.45, 7) is 8.52. The summed E-state index contributed by atoms with van der Waals surface area (Å²) in [7, 11) is 0. The molecule has 0 spiro atoms. The standard InChI is InChI=1S/C23H26ClN3O3/c1-4-12-30-21-15-18(26(5-2)6-3)11-10-16(21)13-20-22(28)25-27(23(20)29)19-9-7-8-17(24)14-19/h7-11,13-15H,4-6,12H2,1-3H3,(H,25,28). The molecule has 2 amide bonds. The van der Waals surface area contributed by atoms with Crippen LogP contribution in [0.3, 0.4) is 0 Å². The quantitative estimate of drug-likeness (QED) is 0.500. The van der Waals surface area contributed by atoms with E-state index in [0.29, 0.717) is 28.6 Å². The molecule has 0 saturated carbocycles. The monoisotopic (exact) mass is 427 g/mol. The summed E-state index contributed by atoms with van der Waals surface area (Å²) in [5.41, 5.74) is 4.87. The SMILES string of the molecule is CCCOc1cc(N(CC)CC)ccc1C=C1C(=O)NN(c2cccc(Cl)c2)C1=O. The van der Waals surface area contributed by atoms with Crippen molar-refractivity contribution in [2.24, 2.45) is 0 Å². The van der Waals surface area contributed by atoms with Gasteiger partial charge in [0.2, 0.25) is 0 Å². The van der Waals surface area contributed by atoms with Gasteiger partial charge >= 0.3 is 0 Å². The molecule has 0 atom stereocenters. The molecule has 7 heteroatoms. The van der Waals surface area contributed by atoms with Crippen LogP contribution in [0.4, 0.5) is 11.4 Å². The number of hydrogen-bond acceptors (Lipinski definition) is 4. The summed E-state index contributed by atoms with van der Waals surface area (Å²) in [5.74, 6) is -0.249. The maximum Gasteiger partial charge on any atom is 0.282 e. The van der Waals surface area contributed by atoms with Crippen molar-refractivity contribution in [2.45, 2.75) is 27.2 Å². The molecule has 2 aromatic carbocycles. The minimum atomic E-state index is -0.464. The number of nitrogens with one attached hydrogen (secondary N) is 1. The lowest BCUT2D eigenvalue weighted by atomic mass is 10.1. The van der Waals surface area contributed by atoms with Crippen LogP contribution in [-0.4, -0.2) is 31.5 Å². The Balaban J connectivity index is 1.96. The third kappa shape index (κ3) is 4.60. The molecule has 1 fully saturated rings. The molecule has 30 heavy (non-hydrogen) atoms. The van der Waals surface area contributed by atoms with Gasteiger partial charge in [0.05, 0.1) is 12.3 Å². The van der Waals surface area contributed by atoms with Crippen LogP contribution in [0.15, 0.2) is 48.0 Å². The van der Waals surface area contributed by atoms with E-state index in [9.17, 15) is 9.59 Å². The van der Waals surface area contributed by atoms with E-state index in [4.69, 9.17) is 16.3 Å². The van der Waals surface area contributed by atoms with Crippen LogP contribution >= 0.6 is 11.6 Å². The maximum atomic E-state index is 12.9. The summed E-state index contributed by atoms with van der Waals surface area (Å²) in [6, 6.07) is 12.6. The number of amides is 2. The molecule has 1 heterocycles. The van der Waals surface area contributed by atoms with Crippen molar-refractivity contribution in [1.82, 2.24) is 5.43 Å². The molecule has 1 aliphatic rings. The number of ether oxygens (including phenoxy) is 1. The zero-order valence-corrected chi connectivity index (χ0v) is 18.2. The van der Waals surface area contributed by atoms with Gasteiger partial charge in [0.25, 0.3) is 11.8 Å². The van der Waals surface area contributed by atoms with Crippen LogP contribution in [0.5, 0.6) is 5.75 Å². The number of nitrogens with zero attached hydrogens (tertiary/aromatic N) is 2. The van der Waals surface area contributed by atoms with Crippen molar-refractivity contribution >= 4 is 40.9 Å². The predicted octanol–water partition coefficient (Wildman–Crippen LogP) is 4.44. The van der Waals surface area contributed by atoms with E-state index < -0.39 is 11.8 Å². The highest BCUT2D eigenvalue weighted by atomic mass is 35.5. The van der Waals surface area contributed by atoms with Gasteiger partial charge in [0, 0.05) is 35.4 Å². The number of hydrazine groups is 1. The van der Waals surface area contributed by atoms with Gasteiger partial charge < -0.3 is 9.64 Å². The van der Waals surface area contributed by atoms with E-state index in [1.807, 2.05) is 25.1 Å². The summed E-state index contributed by atoms with van der Waals surface area (Å²) in [5, 5.41) is 1.69. The lowest BCUT2D eigenvalue weighted by molar-refractivity contribution is -0.117. The fourth-order valence-corrected chi connectivity index (χ4v) is 3.46. The van der Waals surface area contributed by atoms with E-state index in [0.717, 1.165) is 25.2 Å². The number of hydrogen-bond donors (Lipinski definition) is 1. The zero-order chi connectivity index (χ0) is 21.7. The first-order valence-corrected chi connectivity index (χ1v) is 10.5. The smallest absolute Gasteiger partial charge is 0.282 e. The molecular formula is C23H26ClN3O3. The number of halogens is 1. The second kappa shape index (κ2) is 9.67. The number of anilines is 2. The van der Waals surface area contributed by atoms with E-state index in [1.54, 1.807) is 30.3 Å². The Labute approximate surface area is 182 Å². The van der Waals surface area contributed by atoms with Crippen molar-refractivity contribution < 1.29 is 14.3 Å². The molecule has 0 unspecified atom stereocenters. The lowest BCUT2D eigenvalue weighted by Gasteiger charge is -2.22. The van der Waals surface area contributed by atoms with E-state index in [-0.39, 0.29) is 5.57 Å². The summed E-state index contributed by atoms with van der Waals surface area (Å²) >= 11 is 6.02. The van der Waals surface area contributed by atoms with Crippen molar-refractivity contribution in [3.63, 3.8) is 0 Å². The van der Waals surface area contributed by atoms with Crippen LogP contribution in [0.2, 0.25) is 5.02 Å². The molecule has 2 aromatic rings. The molecule has 1 aliphatic heterocycles. The van der Waals surface area contributed by atoms with Crippen molar-refractivity contribution in [3.05, 3.63) is 58.6 Å². The average Bonchev–Trinajstić information content (AvgIpc) is 3.02. The number of carbonyl (C=O) groups excluding carboxylic acids is 2. The van der Waals surface area contributed by atoms with Gasteiger partial charge in [-0.25, -0.2) is 5.01 Å². The van der Waals surface area contributed by atoms with Crippen LogP contribution < -0.4 is 20.1 Å². The molecule has 3 rings (SSSR count). The number of rotatable bonds is 8. The summed E-state index contributed by atoms with van der Waals surface area (Å²) < 4.78 is 5.93. The number of benzene rings is 2. The van der Waals surface area contributed by atoms with Crippen molar-refractivity contribution in [3.8, 4) is 5.75 Å². The molecule has 0 bridgehead atoms. The van der Waals surface area contributed by atoms with Gasteiger partial charge in [-0.3, -0.25) is 15.0 Å². The zero-order valence-electron chi connectivity index (χ0n) is 17.4. The molecule has 1 saturated heterocycles. The molecule has 0 radical (unpaired) electrons. The van der Waals surface area contributed by atoms with E-state index in [1.165, 1.54) is 5.01 Å². The van der Waals surface area contributed by atoms with Crippen LogP contribution in [0.25, 0.3) is 6.08 Å². The summed E-state index contributed by atoms with van der Waals surface area (Å²) in [4.78, 5) is 27.6. The first-order valence-electron chi connectivity index (χ1n) is 10.1. The van der Waals surface area contributed by atoms with Gasteiger partial charge in [-0.1, -0.05) is 24.6 Å². The molecular weight excluding hydrogens is 402 g/mol. The van der Waals surface area contributed by atoms with Gasteiger partial charge in [-0.15, -0.1) is 0 Å². The normalized spacial score (nSPS) is 14.9. The minimum absolute atomic E-state index is 0.0481. The predicted molar refractivity (Wildman–Crippen MR) is 121 cm³/mol. The van der Waals surface area contributed by atoms with Gasteiger partial charge in [0.15, 0.2) is 0 Å². The van der Waals surface area contributed by atoms with Crippen LogP contribution in [-0.2, 0) is 9.59 Å². The average molecular weight is 428 g/mol. The Morgan fingerprint density at radius 3 is 2.53 bits per heavy atom. The Kier molecular flexibility index (Phi) is 7.00. The largest absolute Gasteiger partial charge is 0.493 e. The van der Waals surface area contributed by atoms with Gasteiger partial charge in [-0.2, -0.15) is 0 Å². The van der Waals surface area contributed by atoms with E-state index in [2.05, 4.69) is 24.2 Å².